The summed E-state index contributed by atoms with van der Waals surface area (Å²) in [6.07, 6.45) is -2.55. The van der Waals surface area contributed by atoms with Crippen molar-refractivity contribution >= 4 is 51.7 Å². The number of aliphatic hydroxyl groups is 1. The number of halogens is 1. The van der Waals surface area contributed by atoms with Gasteiger partial charge in [0.1, 0.15) is 17.9 Å². The smallest absolute Gasteiger partial charge is 0.352 e. The number of carbonyl (C=O) groups excluding carboxylic acids is 2. The summed E-state index contributed by atoms with van der Waals surface area (Å²) in [5.41, 5.74) is 1.70. The minimum atomic E-state index is -1.27. The molecule has 236 valence electrons. The van der Waals surface area contributed by atoms with Crippen LogP contribution in [0.3, 0.4) is 0 Å². The first-order valence-corrected chi connectivity index (χ1v) is 14.6. The Labute approximate surface area is 264 Å². The molecule has 4 N–H and O–H groups in total. The fourth-order valence-corrected chi connectivity index (χ4v) is 5.63. The molecule has 0 saturated heterocycles. The summed E-state index contributed by atoms with van der Waals surface area (Å²) in [5, 5.41) is 23.3. The second-order valence-electron chi connectivity index (χ2n) is 11.5. The highest BCUT2D eigenvalue weighted by Crippen LogP contribution is 2.45. The number of methoxy groups -OCH3 is 2. The van der Waals surface area contributed by atoms with Crippen LogP contribution in [0.15, 0.2) is 60.7 Å². The molecule has 2 heterocycles. The van der Waals surface area contributed by atoms with E-state index in [1.54, 1.807) is 54.6 Å². The first-order chi connectivity index (χ1) is 21.5. The Bertz CT molecular complexity index is 1770. The largest absolute Gasteiger partial charge is 0.493 e. The molecule has 0 spiro atoms. The van der Waals surface area contributed by atoms with E-state index in [-0.39, 0.29) is 25.3 Å². The lowest BCUT2D eigenvalue weighted by atomic mass is 9.92. The number of carboxylic acids is 1. The number of anilines is 2. The highest BCUT2D eigenvalue weighted by Gasteiger charge is 2.40. The van der Waals surface area contributed by atoms with E-state index in [1.165, 1.54) is 25.2 Å². The van der Waals surface area contributed by atoms with Crippen LogP contribution in [-0.2, 0) is 14.3 Å². The molecule has 0 bridgehead atoms. The van der Waals surface area contributed by atoms with E-state index in [0.717, 1.165) is 0 Å². The predicted molar refractivity (Wildman–Crippen MR) is 169 cm³/mol. The van der Waals surface area contributed by atoms with E-state index in [1.807, 2.05) is 13.8 Å². The number of carboxylic acid groups (broad SMARTS) is 1. The monoisotopic (exact) mass is 635 g/mol. The van der Waals surface area contributed by atoms with Crippen molar-refractivity contribution in [3.63, 3.8) is 0 Å². The van der Waals surface area contributed by atoms with E-state index >= 15 is 0 Å². The van der Waals surface area contributed by atoms with Gasteiger partial charge in [0.05, 0.1) is 31.8 Å². The number of ether oxygens (including phenoxy) is 3. The maximum Gasteiger partial charge on any atom is 0.352 e. The molecule has 1 aliphatic rings. The molecular weight excluding hydrogens is 602 g/mol. The SMILES string of the molecule is COc1cccc([C@H]2O[C@H](CC(=O)Nc3cccc4cc(C(=O)O)[nH]c34)C(=O)N(CC(C)(C)CO)c3ccc(Cl)cc32)c1OC. The number of carbonyl (C=O) groups is 3. The van der Waals surface area contributed by atoms with E-state index in [0.29, 0.717) is 49.9 Å². The Morgan fingerprint density at radius 1 is 1.07 bits per heavy atom. The van der Waals surface area contributed by atoms with Gasteiger partial charge >= 0.3 is 5.97 Å². The second kappa shape index (κ2) is 12.8. The maximum absolute atomic E-state index is 14.3. The van der Waals surface area contributed by atoms with Crippen LogP contribution in [0.2, 0.25) is 5.02 Å². The molecule has 4 aromatic rings. The van der Waals surface area contributed by atoms with E-state index in [4.69, 9.17) is 25.8 Å². The van der Waals surface area contributed by atoms with Crippen molar-refractivity contribution in [1.29, 1.82) is 0 Å². The quantitative estimate of drug-likeness (QED) is 0.181. The van der Waals surface area contributed by atoms with Crippen molar-refractivity contribution in [2.75, 3.05) is 37.6 Å². The minimum Gasteiger partial charge on any atom is -0.493 e. The lowest BCUT2D eigenvalue weighted by molar-refractivity contribution is -0.136. The molecule has 1 aromatic heterocycles. The molecule has 0 unspecified atom stereocenters. The fraction of sp³-hybridized carbons (Fsp3) is 0.303. The first-order valence-electron chi connectivity index (χ1n) is 14.2. The number of hydrogen-bond donors (Lipinski definition) is 4. The van der Waals surface area contributed by atoms with Crippen molar-refractivity contribution in [3.05, 3.63) is 82.5 Å². The van der Waals surface area contributed by atoms with Crippen LogP contribution < -0.4 is 19.7 Å². The summed E-state index contributed by atoms with van der Waals surface area (Å²) in [4.78, 5) is 43.7. The molecule has 12 heteroatoms. The van der Waals surface area contributed by atoms with Crippen LogP contribution in [0.1, 0.15) is 48.0 Å². The van der Waals surface area contributed by atoms with Crippen LogP contribution in [-0.4, -0.2) is 66.5 Å². The maximum atomic E-state index is 14.3. The van der Waals surface area contributed by atoms with Gasteiger partial charge in [0.15, 0.2) is 11.5 Å². The van der Waals surface area contributed by atoms with Crippen molar-refractivity contribution in [1.82, 2.24) is 4.98 Å². The van der Waals surface area contributed by atoms with Gasteiger partial charge in [-0.15, -0.1) is 0 Å². The van der Waals surface area contributed by atoms with Crippen molar-refractivity contribution in [3.8, 4) is 11.5 Å². The molecule has 0 saturated carbocycles. The Balaban J connectivity index is 1.58. The third-order valence-corrected chi connectivity index (χ3v) is 7.90. The van der Waals surface area contributed by atoms with Crippen LogP contribution in [0.4, 0.5) is 11.4 Å². The number of aromatic amines is 1. The number of rotatable bonds is 10. The van der Waals surface area contributed by atoms with Crippen LogP contribution in [0, 0.1) is 5.41 Å². The van der Waals surface area contributed by atoms with Crippen molar-refractivity contribution in [2.45, 2.75) is 32.5 Å². The molecule has 3 aromatic carbocycles. The minimum absolute atomic E-state index is 0.0254. The lowest BCUT2D eigenvalue weighted by Crippen LogP contribution is -2.46. The van der Waals surface area contributed by atoms with Gasteiger partial charge in [-0.05, 0) is 36.4 Å². The zero-order valence-corrected chi connectivity index (χ0v) is 26.0. The molecule has 45 heavy (non-hydrogen) atoms. The van der Waals surface area contributed by atoms with Crippen molar-refractivity contribution < 1.29 is 38.8 Å². The Morgan fingerprint density at radius 2 is 1.82 bits per heavy atom. The molecule has 0 fully saturated rings. The summed E-state index contributed by atoms with van der Waals surface area (Å²) >= 11 is 6.48. The van der Waals surface area contributed by atoms with Gasteiger partial charge in [-0.2, -0.15) is 0 Å². The molecule has 0 aliphatic carbocycles. The lowest BCUT2D eigenvalue weighted by Gasteiger charge is -2.32. The summed E-state index contributed by atoms with van der Waals surface area (Å²) in [5.74, 6) is -1.31. The van der Waals surface area contributed by atoms with Crippen LogP contribution in [0.25, 0.3) is 10.9 Å². The summed E-state index contributed by atoms with van der Waals surface area (Å²) in [6.45, 7) is 3.58. The van der Waals surface area contributed by atoms with Crippen LogP contribution >= 0.6 is 11.6 Å². The van der Waals surface area contributed by atoms with Gasteiger partial charge in [-0.3, -0.25) is 9.59 Å². The first kappa shape index (κ1) is 31.8. The van der Waals surface area contributed by atoms with Gasteiger partial charge < -0.3 is 39.6 Å². The number of fused-ring (bicyclic) bond motifs is 2. The Hall–Kier alpha value is -4.58. The van der Waals surface area contributed by atoms with Gasteiger partial charge in [0.2, 0.25) is 5.91 Å². The predicted octanol–water partition coefficient (Wildman–Crippen LogP) is 5.41. The number of benzene rings is 3. The zero-order chi connectivity index (χ0) is 32.5. The van der Waals surface area contributed by atoms with E-state index < -0.39 is 35.4 Å². The van der Waals surface area contributed by atoms with E-state index in [2.05, 4.69) is 10.3 Å². The van der Waals surface area contributed by atoms with E-state index in [9.17, 15) is 24.6 Å². The number of para-hydroxylation sites is 2. The van der Waals surface area contributed by atoms with Crippen LogP contribution in [0.5, 0.6) is 11.5 Å². The summed E-state index contributed by atoms with van der Waals surface area (Å²) < 4.78 is 17.8. The van der Waals surface area contributed by atoms with Crippen molar-refractivity contribution in [2.24, 2.45) is 5.41 Å². The number of amides is 2. The standard InChI is InChI=1S/C33H34ClN3O8/c1-33(2,17-38)16-37-24-12-11-19(34)14-21(24)29(20-8-6-10-25(43-3)30(20)44-4)45-26(31(37)40)15-27(39)35-22-9-5-7-18-13-23(32(41)42)36-28(18)22/h5-14,26,29,36,38H,15-17H2,1-4H3,(H,35,39)(H,41,42)/t26-,29-/m1/s1. The number of aromatic nitrogens is 1. The van der Waals surface area contributed by atoms with Gasteiger partial charge in [-0.25, -0.2) is 4.79 Å². The number of nitrogens with zero attached hydrogens (tertiary/aromatic N) is 1. The second-order valence-corrected chi connectivity index (χ2v) is 12.0. The molecule has 0 radical (unpaired) electrons. The topological polar surface area (TPSA) is 150 Å². The number of hydrogen-bond acceptors (Lipinski definition) is 7. The number of aromatic carboxylic acids is 1. The molecular formula is C33H34ClN3O8. The zero-order valence-electron chi connectivity index (χ0n) is 25.2. The third kappa shape index (κ3) is 6.46. The summed E-state index contributed by atoms with van der Waals surface area (Å²) in [6, 6.07) is 16.9. The molecule has 5 rings (SSSR count). The average molecular weight is 636 g/mol. The van der Waals surface area contributed by atoms with Gasteiger partial charge in [-0.1, -0.05) is 49.7 Å². The molecule has 1 aliphatic heterocycles. The fourth-order valence-electron chi connectivity index (χ4n) is 5.45. The average Bonchev–Trinajstić information content (AvgIpc) is 3.44. The number of aliphatic hydroxyl groups excluding tert-OH is 1. The molecule has 11 nitrogen and oxygen atoms in total. The number of nitrogens with one attached hydrogen (secondary N) is 2. The van der Waals surface area contributed by atoms with Gasteiger partial charge in [0.25, 0.3) is 5.91 Å². The Kier molecular flexibility index (Phi) is 9.06. The molecule has 2 amide bonds. The normalized spacial score (nSPS) is 16.7. The number of H-pyrrole nitrogens is 1. The van der Waals surface area contributed by atoms with Gasteiger partial charge in [0, 0.05) is 45.8 Å². The highest BCUT2D eigenvalue weighted by atomic mass is 35.5. The molecule has 2 atom stereocenters. The third-order valence-electron chi connectivity index (χ3n) is 7.67. The Morgan fingerprint density at radius 3 is 2.51 bits per heavy atom. The highest BCUT2D eigenvalue weighted by molar-refractivity contribution is 6.30. The summed E-state index contributed by atoms with van der Waals surface area (Å²) in [7, 11) is 3.01.